The summed E-state index contributed by atoms with van der Waals surface area (Å²) < 4.78 is 13.3. The molecule has 0 atom stereocenters. The molecule has 2 heterocycles. The second-order valence-electron chi connectivity index (χ2n) is 6.58. The van der Waals surface area contributed by atoms with E-state index in [4.69, 9.17) is 0 Å². The summed E-state index contributed by atoms with van der Waals surface area (Å²) in [5.74, 6) is 0.0939. The van der Waals surface area contributed by atoms with Gasteiger partial charge in [-0.2, -0.15) is 0 Å². The van der Waals surface area contributed by atoms with Crippen molar-refractivity contribution in [3.63, 3.8) is 0 Å². The summed E-state index contributed by atoms with van der Waals surface area (Å²) in [5, 5.41) is 2.76. The summed E-state index contributed by atoms with van der Waals surface area (Å²) in [7, 11) is 0. The third-order valence-electron chi connectivity index (χ3n) is 4.67. The van der Waals surface area contributed by atoms with E-state index in [1.165, 1.54) is 18.3 Å². The molecule has 2 aromatic rings. The number of rotatable bonds is 3. The van der Waals surface area contributed by atoms with Crippen LogP contribution in [0.2, 0.25) is 0 Å². The van der Waals surface area contributed by atoms with Gasteiger partial charge in [-0.1, -0.05) is 6.07 Å². The highest BCUT2D eigenvalue weighted by Crippen LogP contribution is 2.30. The maximum absolute atomic E-state index is 13.3. The molecule has 1 aromatic carbocycles. The molecule has 1 aliphatic heterocycles. The van der Waals surface area contributed by atoms with Gasteiger partial charge >= 0.3 is 0 Å². The molecule has 4 rings (SSSR count). The summed E-state index contributed by atoms with van der Waals surface area (Å²) in [6.45, 7) is 1.00. The third-order valence-corrected chi connectivity index (χ3v) is 4.67. The molecule has 1 aromatic heterocycles. The summed E-state index contributed by atoms with van der Waals surface area (Å²) >= 11 is 0. The fourth-order valence-electron chi connectivity index (χ4n) is 3.08. The van der Waals surface area contributed by atoms with Crippen molar-refractivity contribution in [3.05, 3.63) is 59.0 Å². The number of nitrogens with one attached hydrogen (secondary N) is 1. The molecule has 0 radical (unpaired) electrons. The molecule has 128 valence electrons. The van der Waals surface area contributed by atoms with Crippen LogP contribution in [-0.4, -0.2) is 28.2 Å². The maximum Gasteiger partial charge on any atom is 0.254 e. The Balaban J connectivity index is 1.49. The van der Waals surface area contributed by atoms with Crippen molar-refractivity contribution in [2.75, 3.05) is 11.9 Å². The lowest BCUT2D eigenvalue weighted by Crippen LogP contribution is -2.36. The normalized spacial score (nSPS) is 16.3. The molecule has 1 saturated carbocycles. The van der Waals surface area contributed by atoms with Crippen LogP contribution in [0, 0.1) is 11.7 Å². The number of halogens is 1. The van der Waals surface area contributed by atoms with Gasteiger partial charge in [-0.05, 0) is 54.7 Å². The third kappa shape index (κ3) is 3.38. The van der Waals surface area contributed by atoms with E-state index in [1.807, 2.05) is 0 Å². The lowest BCUT2D eigenvalue weighted by molar-refractivity contribution is -0.117. The molecule has 0 saturated heterocycles. The quantitative estimate of drug-likeness (QED) is 0.935. The molecule has 5 nitrogen and oxygen atoms in total. The van der Waals surface area contributed by atoms with E-state index in [-0.39, 0.29) is 23.5 Å². The van der Waals surface area contributed by atoms with Gasteiger partial charge in [0.2, 0.25) is 5.91 Å². The molecule has 0 unspecified atom stereocenters. The van der Waals surface area contributed by atoms with E-state index in [0.29, 0.717) is 30.9 Å². The summed E-state index contributed by atoms with van der Waals surface area (Å²) in [5.41, 5.74) is 2.42. The summed E-state index contributed by atoms with van der Waals surface area (Å²) in [6, 6.07) is 7.95. The summed E-state index contributed by atoms with van der Waals surface area (Å²) in [6.07, 6.45) is 3.99. The Morgan fingerprint density at radius 2 is 2.00 bits per heavy atom. The molecular formula is C19H18FN3O2. The van der Waals surface area contributed by atoms with Crippen LogP contribution in [-0.2, 0) is 17.8 Å². The summed E-state index contributed by atoms with van der Waals surface area (Å²) in [4.78, 5) is 30.5. The van der Waals surface area contributed by atoms with Crippen molar-refractivity contribution in [1.82, 2.24) is 9.88 Å². The predicted octanol–water partition coefficient (Wildman–Crippen LogP) is 2.77. The lowest BCUT2D eigenvalue weighted by atomic mass is 9.99. The Morgan fingerprint density at radius 1 is 1.16 bits per heavy atom. The number of anilines is 1. The number of hydrogen-bond donors (Lipinski definition) is 1. The van der Waals surface area contributed by atoms with E-state index in [1.54, 1.807) is 23.1 Å². The fraction of sp³-hybridized carbons (Fsp3) is 0.316. The Labute approximate surface area is 144 Å². The number of hydrogen-bond acceptors (Lipinski definition) is 3. The largest absolute Gasteiger partial charge is 0.334 e. The number of aromatic nitrogens is 1. The average Bonchev–Trinajstić information content (AvgIpc) is 3.46. The fourth-order valence-corrected chi connectivity index (χ4v) is 3.08. The molecule has 1 N–H and O–H groups in total. The highest BCUT2D eigenvalue weighted by atomic mass is 19.1. The van der Waals surface area contributed by atoms with E-state index in [9.17, 15) is 14.0 Å². The van der Waals surface area contributed by atoms with Gasteiger partial charge in [-0.15, -0.1) is 0 Å². The van der Waals surface area contributed by atoms with Crippen LogP contribution in [0.1, 0.15) is 34.3 Å². The van der Waals surface area contributed by atoms with Crippen molar-refractivity contribution in [3.8, 4) is 0 Å². The SMILES string of the molecule is O=C(Nc1cc(C(=O)N2CCc3cc(F)ccc3C2)ccn1)C1CC1. The molecule has 25 heavy (non-hydrogen) atoms. The van der Waals surface area contributed by atoms with Gasteiger partial charge in [0.1, 0.15) is 11.6 Å². The zero-order chi connectivity index (χ0) is 17.4. The molecule has 1 fully saturated rings. The van der Waals surface area contributed by atoms with Crippen LogP contribution >= 0.6 is 0 Å². The smallest absolute Gasteiger partial charge is 0.254 e. The molecule has 1 aliphatic carbocycles. The first-order valence-electron chi connectivity index (χ1n) is 8.43. The van der Waals surface area contributed by atoms with Crippen LogP contribution in [0.15, 0.2) is 36.5 Å². The van der Waals surface area contributed by atoms with Crippen LogP contribution in [0.4, 0.5) is 10.2 Å². The number of nitrogens with zero attached hydrogens (tertiary/aromatic N) is 2. The topological polar surface area (TPSA) is 62.3 Å². The number of amides is 2. The van der Waals surface area contributed by atoms with Crippen LogP contribution < -0.4 is 5.32 Å². The van der Waals surface area contributed by atoms with Gasteiger partial charge in [0, 0.05) is 30.8 Å². The molecular weight excluding hydrogens is 321 g/mol. The highest BCUT2D eigenvalue weighted by molar-refractivity contribution is 5.97. The van der Waals surface area contributed by atoms with E-state index < -0.39 is 0 Å². The van der Waals surface area contributed by atoms with Crippen molar-refractivity contribution >= 4 is 17.6 Å². The van der Waals surface area contributed by atoms with Gasteiger partial charge in [-0.25, -0.2) is 9.37 Å². The second kappa shape index (κ2) is 6.27. The Bertz CT molecular complexity index is 848. The monoisotopic (exact) mass is 339 g/mol. The standard InChI is InChI=1S/C19H18FN3O2/c20-16-4-3-15-11-23(8-6-13(15)9-16)19(25)14-5-7-21-17(10-14)22-18(24)12-1-2-12/h3-5,7,9-10,12H,1-2,6,8,11H2,(H,21,22,24). The highest BCUT2D eigenvalue weighted by Gasteiger charge is 2.30. The van der Waals surface area contributed by atoms with Crippen molar-refractivity contribution < 1.29 is 14.0 Å². The number of pyridine rings is 1. The Hall–Kier alpha value is -2.76. The minimum Gasteiger partial charge on any atom is -0.334 e. The minimum atomic E-state index is -0.247. The Morgan fingerprint density at radius 3 is 2.80 bits per heavy atom. The second-order valence-corrected chi connectivity index (χ2v) is 6.58. The molecule has 0 spiro atoms. The van der Waals surface area contributed by atoms with Gasteiger partial charge in [0.15, 0.2) is 0 Å². The number of carbonyl (C=O) groups excluding carboxylic acids is 2. The van der Waals surface area contributed by atoms with Crippen LogP contribution in [0.3, 0.4) is 0 Å². The average molecular weight is 339 g/mol. The van der Waals surface area contributed by atoms with Crippen LogP contribution in [0.25, 0.3) is 0 Å². The minimum absolute atomic E-state index is 0.0361. The number of fused-ring (bicyclic) bond motifs is 1. The van der Waals surface area contributed by atoms with Gasteiger partial charge in [-0.3, -0.25) is 9.59 Å². The lowest BCUT2D eigenvalue weighted by Gasteiger charge is -2.29. The van der Waals surface area contributed by atoms with Gasteiger partial charge in [0.25, 0.3) is 5.91 Å². The first-order chi connectivity index (χ1) is 12.1. The van der Waals surface area contributed by atoms with Crippen molar-refractivity contribution in [2.24, 2.45) is 5.92 Å². The van der Waals surface area contributed by atoms with E-state index in [0.717, 1.165) is 24.0 Å². The van der Waals surface area contributed by atoms with Crippen LogP contribution in [0.5, 0.6) is 0 Å². The molecule has 6 heteroatoms. The number of carbonyl (C=O) groups is 2. The van der Waals surface area contributed by atoms with E-state index >= 15 is 0 Å². The molecule has 0 bridgehead atoms. The first-order valence-corrected chi connectivity index (χ1v) is 8.43. The zero-order valence-electron chi connectivity index (χ0n) is 13.7. The molecule has 2 amide bonds. The van der Waals surface area contributed by atoms with Crippen molar-refractivity contribution in [1.29, 1.82) is 0 Å². The van der Waals surface area contributed by atoms with Gasteiger partial charge in [0.05, 0.1) is 0 Å². The van der Waals surface area contributed by atoms with Crippen molar-refractivity contribution in [2.45, 2.75) is 25.8 Å². The molecule has 2 aliphatic rings. The first kappa shape index (κ1) is 15.7. The maximum atomic E-state index is 13.3. The van der Waals surface area contributed by atoms with E-state index in [2.05, 4.69) is 10.3 Å². The van der Waals surface area contributed by atoms with Gasteiger partial charge < -0.3 is 10.2 Å². The Kier molecular flexibility index (Phi) is 3.95. The zero-order valence-corrected chi connectivity index (χ0v) is 13.7. The predicted molar refractivity (Wildman–Crippen MR) is 90.4 cm³/mol. The number of benzene rings is 1.